The van der Waals surface area contributed by atoms with E-state index in [1.54, 1.807) is 35.7 Å². The van der Waals surface area contributed by atoms with Gasteiger partial charge in [0, 0.05) is 23.0 Å². The molecule has 0 saturated heterocycles. The molecule has 1 aromatic heterocycles. The van der Waals surface area contributed by atoms with Crippen LogP contribution >= 0.6 is 22.9 Å². The summed E-state index contributed by atoms with van der Waals surface area (Å²) >= 11 is 7.23. The van der Waals surface area contributed by atoms with Crippen LogP contribution in [0.5, 0.6) is 5.75 Å². The molecular formula is C20H17ClFN3O3S. The summed E-state index contributed by atoms with van der Waals surface area (Å²) < 4.78 is 18.2. The van der Waals surface area contributed by atoms with Gasteiger partial charge in [-0.2, -0.15) is 0 Å². The van der Waals surface area contributed by atoms with Crippen LogP contribution in [-0.2, 0) is 4.79 Å². The van der Waals surface area contributed by atoms with E-state index in [0.29, 0.717) is 27.0 Å². The van der Waals surface area contributed by atoms with Gasteiger partial charge in [-0.15, -0.1) is 11.3 Å². The van der Waals surface area contributed by atoms with Crippen LogP contribution in [0.1, 0.15) is 10.5 Å². The molecule has 3 aromatic rings. The molecule has 9 heteroatoms. The van der Waals surface area contributed by atoms with Gasteiger partial charge < -0.3 is 15.0 Å². The maximum atomic E-state index is 13.1. The van der Waals surface area contributed by atoms with Crippen molar-refractivity contribution in [3.8, 4) is 16.3 Å². The average molecular weight is 434 g/mol. The highest BCUT2D eigenvalue weighted by molar-refractivity contribution is 7.13. The first-order chi connectivity index (χ1) is 13.9. The van der Waals surface area contributed by atoms with Crippen molar-refractivity contribution in [1.82, 2.24) is 9.88 Å². The van der Waals surface area contributed by atoms with E-state index in [9.17, 15) is 14.0 Å². The van der Waals surface area contributed by atoms with Gasteiger partial charge in [0.15, 0.2) is 0 Å². The Morgan fingerprint density at radius 3 is 2.66 bits per heavy atom. The second-order valence-corrected chi connectivity index (χ2v) is 7.39. The maximum Gasteiger partial charge on any atom is 0.273 e. The molecule has 2 aromatic carbocycles. The third-order valence-electron chi connectivity index (χ3n) is 3.98. The molecule has 3 rings (SSSR count). The molecule has 0 radical (unpaired) electrons. The molecule has 150 valence electrons. The summed E-state index contributed by atoms with van der Waals surface area (Å²) in [5.41, 5.74) is 1.34. The topological polar surface area (TPSA) is 71.5 Å². The number of nitrogens with one attached hydrogen (secondary N) is 1. The van der Waals surface area contributed by atoms with Gasteiger partial charge in [0.25, 0.3) is 5.91 Å². The van der Waals surface area contributed by atoms with Crippen LogP contribution in [-0.4, -0.2) is 42.4 Å². The average Bonchev–Trinajstić information content (AvgIpc) is 3.18. The Kier molecular flexibility index (Phi) is 6.46. The highest BCUT2D eigenvalue weighted by Gasteiger charge is 2.19. The number of ether oxygens (including phenoxy) is 1. The number of likely N-dealkylation sites (N-methyl/N-ethyl adjacent to an activating group) is 1. The van der Waals surface area contributed by atoms with Crippen molar-refractivity contribution in [2.45, 2.75) is 0 Å². The summed E-state index contributed by atoms with van der Waals surface area (Å²) in [6, 6.07) is 10.7. The minimum atomic E-state index is -0.407. The van der Waals surface area contributed by atoms with E-state index >= 15 is 0 Å². The van der Waals surface area contributed by atoms with Gasteiger partial charge in [-0.05, 0) is 42.5 Å². The molecule has 0 bridgehead atoms. The van der Waals surface area contributed by atoms with E-state index in [2.05, 4.69) is 10.3 Å². The highest BCUT2D eigenvalue weighted by Crippen LogP contribution is 2.28. The molecular weight excluding hydrogens is 417 g/mol. The summed E-state index contributed by atoms with van der Waals surface area (Å²) in [6.07, 6.45) is 0. The van der Waals surface area contributed by atoms with Crippen LogP contribution in [0.4, 0.5) is 10.1 Å². The molecule has 0 unspecified atom stereocenters. The molecule has 6 nitrogen and oxygen atoms in total. The first-order valence-electron chi connectivity index (χ1n) is 8.47. The van der Waals surface area contributed by atoms with E-state index < -0.39 is 11.8 Å². The van der Waals surface area contributed by atoms with Gasteiger partial charge in [0.05, 0.1) is 19.3 Å². The number of nitrogens with zero attached hydrogens (tertiary/aromatic N) is 2. The van der Waals surface area contributed by atoms with Crippen LogP contribution in [0.25, 0.3) is 10.6 Å². The third-order valence-corrected chi connectivity index (χ3v) is 5.10. The Hall–Kier alpha value is -2.97. The zero-order chi connectivity index (χ0) is 21.0. The second-order valence-electron chi connectivity index (χ2n) is 6.10. The summed E-state index contributed by atoms with van der Waals surface area (Å²) in [7, 11) is 2.99. The molecule has 1 N–H and O–H groups in total. The smallest absolute Gasteiger partial charge is 0.273 e. The number of carbonyl (C=O) groups is 2. The molecule has 0 aliphatic carbocycles. The van der Waals surface area contributed by atoms with Crippen LogP contribution in [0, 0.1) is 5.82 Å². The summed E-state index contributed by atoms with van der Waals surface area (Å²) in [5.74, 6) is -0.693. The van der Waals surface area contributed by atoms with Crippen molar-refractivity contribution in [2.75, 3.05) is 26.0 Å². The van der Waals surface area contributed by atoms with E-state index in [1.165, 1.54) is 42.5 Å². The molecule has 0 fully saturated rings. The standard InChI is InChI=1S/C20H17ClFN3O3S/c1-25(10-18(26)23-15-9-13(21)5-8-17(15)28-2)20(27)16-11-29-19(24-16)12-3-6-14(22)7-4-12/h3-9,11H,10H2,1-2H3,(H,23,26). The van der Waals surface area contributed by atoms with Crippen LogP contribution in [0.3, 0.4) is 0 Å². The molecule has 0 atom stereocenters. The van der Waals surface area contributed by atoms with Crippen molar-refractivity contribution in [1.29, 1.82) is 0 Å². The second kappa shape index (κ2) is 9.02. The molecule has 2 amide bonds. The summed E-state index contributed by atoms with van der Waals surface area (Å²) in [4.78, 5) is 30.5. The van der Waals surface area contributed by atoms with Gasteiger partial charge in [0.1, 0.15) is 22.3 Å². The molecule has 1 heterocycles. The van der Waals surface area contributed by atoms with Crippen LogP contribution < -0.4 is 10.1 Å². The van der Waals surface area contributed by atoms with Gasteiger partial charge in [-0.3, -0.25) is 9.59 Å². The third kappa shape index (κ3) is 5.10. The number of amides is 2. The summed E-state index contributed by atoms with van der Waals surface area (Å²) in [5, 5.41) is 5.32. The number of carbonyl (C=O) groups excluding carboxylic acids is 2. The van der Waals surface area contributed by atoms with Crippen LogP contribution in [0.2, 0.25) is 5.02 Å². The number of hydrogen-bond acceptors (Lipinski definition) is 5. The number of rotatable bonds is 6. The zero-order valence-corrected chi connectivity index (χ0v) is 17.2. The number of halogens is 2. The SMILES string of the molecule is COc1ccc(Cl)cc1NC(=O)CN(C)C(=O)c1csc(-c2ccc(F)cc2)n1. The van der Waals surface area contributed by atoms with Crippen molar-refractivity contribution < 1.29 is 18.7 Å². The molecule has 0 aliphatic heterocycles. The minimum Gasteiger partial charge on any atom is -0.495 e. The van der Waals surface area contributed by atoms with Crippen molar-refractivity contribution in [3.63, 3.8) is 0 Å². The van der Waals surface area contributed by atoms with Gasteiger partial charge in [-0.1, -0.05) is 11.6 Å². The fourth-order valence-corrected chi connectivity index (χ4v) is 3.52. The van der Waals surface area contributed by atoms with Gasteiger partial charge in [-0.25, -0.2) is 9.37 Å². The van der Waals surface area contributed by atoms with Gasteiger partial charge in [0.2, 0.25) is 5.91 Å². The van der Waals surface area contributed by atoms with Crippen molar-refractivity contribution in [3.05, 3.63) is 64.4 Å². The first-order valence-corrected chi connectivity index (χ1v) is 9.73. The number of hydrogen-bond donors (Lipinski definition) is 1. The minimum absolute atomic E-state index is 0.183. The van der Waals surface area contributed by atoms with E-state index in [4.69, 9.17) is 16.3 Å². The Bertz CT molecular complexity index is 1040. The Labute approximate surface area is 175 Å². The fraction of sp³-hybridized carbons (Fsp3) is 0.150. The largest absolute Gasteiger partial charge is 0.495 e. The number of methoxy groups -OCH3 is 1. The molecule has 29 heavy (non-hydrogen) atoms. The zero-order valence-electron chi connectivity index (χ0n) is 15.6. The van der Waals surface area contributed by atoms with Crippen LogP contribution in [0.15, 0.2) is 47.8 Å². The van der Waals surface area contributed by atoms with E-state index in [0.717, 1.165) is 0 Å². The van der Waals surface area contributed by atoms with Crippen molar-refractivity contribution in [2.24, 2.45) is 0 Å². The highest BCUT2D eigenvalue weighted by atomic mass is 35.5. The monoisotopic (exact) mass is 433 g/mol. The Morgan fingerprint density at radius 1 is 1.24 bits per heavy atom. The Morgan fingerprint density at radius 2 is 1.97 bits per heavy atom. The fourth-order valence-electron chi connectivity index (χ4n) is 2.55. The number of benzene rings is 2. The Balaban J connectivity index is 1.65. The normalized spacial score (nSPS) is 10.5. The number of anilines is 1. The molecule has 0 aliphatic rings. The number of thiazole rings is 1. The first kappa shape index (κ1) is 20.8. The lowest BCUT2D eigenvalue weighted by atomic mass is 10.2. The predicted octanol–water partition coefficient (Wildman–Crippen LogP) is 4.32. The quantitative estimate of drug-likeness (QED) is 0.628. The maximum absolute atomic E-state index is 13.1. The number of aromatic nitrogens is 1. The molecule has 0 spiro atoms. The summed E-state index contributed by atoms with van der Waals surface area (Å²) in [6.45, 7) is -0.183. The van der Waals surface area contributed by atoms with Gasteiger partial charge >= 0.3 is 0 Å². The van der Waals surface area contributed by atoms with Crippen molar-refractivity contribution >= 4 is 40.4 Å². The predicted molar refractivity (Wildman–Crippen MR) is 111 cm³/mol. The van der Waals surface area contributed by atoms with E-state index in [-0.39, 0.29) is 18.1 Å². The molecule has 0 saturated carbocycles. The lowest BCUT2D eigenvalue weighted by molar-refractivity contribution is -0.116. The lowest BCUT2D eigenvalue weighted by Gasteiger charge is -2.16. The lowest BCUT2D eigenvalue weighted by Crippen LogP contribution is -2.35. The van der Waals surface area contributed by atoms with E-state index in [1.807, 2.05) is 0 Å².